The van der Waals surface area contributed by atoms with E-state index in [0.29, 0.717) is 6.04 Å². The van der Waals surface area contributed by atoms with Crippen molar-refractivity contribution in [2.24, 2.45) is 0 Å². The van der Waals surface area contributed by atoms with E-state index in [1.807, 2.05) is 19.1 Å². The minimum absolute atomic E-state index is 0.0828. The highest BCUT2D eigenvalue weighted by molar-refractivity contribution is 9.10. The molecule has 0 bridgehead atoms. The van der Waals surface area contributed by atoms with E-state index >= 15 is 0 Å². The van der Waals surface area contributed by atoms with Crippen LogP contribution in [0.2, 0.25) is 0 Å². The van der Waals surface area contributed by atoms with E-state index in [9.17, 15) is 4.79 Å². The molecule has 5 heteroatoms. The Labute approximate surface area is 147 Å². The Morgan fingerprint density at radius 2 is 2.09 bits per heavy atom. The fourth-order valence-electron chi connectivity index (χ4n) is 3.14. The molecular formula is C18H28BrN2O2+. The van der Waals surface area contributed by atoms with E-state index in [4.69, 9.17) is 4.74 Å². The molecule has 128 valence electrons. The molecule has 0 spiro atoms. The fourth-order valence-corrected chi connectivity index (χ4v) is 3.54. The summed E-state index contributed by atoms with van der Waals surface area (Å²) in [7, 11) is 3.74. The molecule has 0 aromatic heterocycles. The number of carbonyl (C=O) groups is 1. The van der Waals surface area contributed by atoms with E-state index in [-0.39, 0.29) is 11.9 Å². The number of likely N-dealkylation sites (N-methyl/N-ethyl adjacent to an activating group) is 1. The third kappa shape index (κ3) is 5.21. The van der Waals surface area contributed by atoms with Crippen molar-refractivity contribution in [1.82, 2.24) is 5.32 Å². The zero-order chi connectivity index (χ0) is 16.8. The highest BCUT2D eigenvalue weighted by Gasteiger charge is 2.25. The number of carbonyl (C=O) groups excluding carboxylic acids is 1. The Kier molecular flexibility index (Phi) is 6.90. The van der Waals surface area contributed by atoms with Gasteiger partial charge in [-0.3, -0.25) is 4.79 Å². The molecule has 1 saturated carbocycles. The molecule has 1 amide bonds. The molecular weight excluding hydrogens is 356 g/mol. The number of amides is 1. The first kappa shape index (κ1) is 18.3. The third-order valence-corrected chi connectivity index (χ3v) is 5.29. The number of methoxy groups -OCH3 is 1. The lowest BCUT2D eigenvalue weighted by Gasteiger charge is -2.27. The minimum atomic E-state index is -0.0828. The highest BCUT2D eigenvalue weighted by Crippen LogP contribution is 2.22. The smallest absolute Gasteiger partial charge is 0.278 e. The van der Waals surface area contributed by atoms with Crippen LogP contribution in [0.15, 0.2) is 22.7 Å². The average Bonchev–Trinajstić information content (AvgIpc) is 2.55. The predicted octanol–water partition coefficient (Wildman–Crippen LogP) is 2.31. The van der Waals surface area contributed by atoms with Gasteiger partial charge in [-0.25, -0.2) is 0 Å². The van der Waals surface area contributed by atoms with Crippen LogP contribution in [0.1, 0.15) is 44.6 Å². The van der Waals surface area contributed by atoms with Gasteiger partial charge in [0.25, 0.3) is 5.91 Å². The summed E-state index contributed by atoms with van der Waals surface area (Å²) >= 11 is 3.50. The SMILES string of the molecule is COc1ccc(Br)cc1C[NH+](C)[C@H](C)C(=O)NC1CCCCC1. The third-order valence-electron chi connectivity index (χ3n) is 4.80. The van der Waals surface area contributed by atoms with Crippen molar-refractivity contribution in [1.29, 1.82) is 0 Å². The van der Waals surface area contributed by atoms with Crippen LogP contribution in [-0.4, -0.2) is 32.1 Å². The number of ether oxygens (including phenoxy) is 1. The lowest BCUT2D eigenvalue weighted by atomic mass is 9.95. The van der Waals surface area contributed by atoms with Gasteiger partial charge in [-0.05, 0) is 38.0 Å². The first-order chi connectivity index (χ1) is 11.0. The van der Waals surface area contributed by atoms with Gasteiger partial charge < -0.3 is 15.0 Å². The monoisotopic (exact) mass is 383 g/mol. The van der Waals surface area contributed by atoms with Crippen molar-refractivity contribution in [3.63, 3.8) is 0 Å². The standard InChI is InChI=1S/C18H27BrN2O2/c1-13(18(22)20-16-7-5-4-6-8-16)21(2)12-14-11-15(19)9-10-17(14)23-3/h9-11,13,16H,4-8,12H2,1-3H3,(H,20,22)/p+1/t13-/m1/s1. The second-order valence-corrected chi connectivity index (χ2v) is 7.46. The first-order valence-electron chi connectivity index (χ1n) is 8.46. The molecule has 2 rings (SSSR count). The molecule has 0 radical (unpaired) electrons. The lowest BCUT2D eigenvalue weighted by molar-refractivity contribution is -0.908. The molecule has 0 saturated heterocycles. The average molecular weight is 384 g/mol. The summed E-state index contributed by atoms with van der Waals surface area (Å²) in [6.45, 7) is 2.75. The number of halogens is 1. The molecule has 1 aromatic carbocycles. The van der Waals surface area contributed by atoms with Crippen LogP contribution in [0.5, 0.6) is 5.75 Å². The van der Waals surface area contributed by atoms with E-state index in [0.717, 1.165) is 40.1 Å². The maximum absolute atomic E-state index is 12.5. The molecule has 23 heavy (non-hydrogen) atoms. The van der Waals surface area contributed by atoms with E-state index in [2.05, 4.69) is 34.4 Å². The topological polar surface area (TPSA) is 42.8 Å². The Morgan fingerprint density at radius 3 is 2.74 bits per heavy atom. The normalized spacial score (nSPS) is 18.3. The number of hydrogen-bond acceptors (Lipinski definition) is 2. The number of nitrogens with one attached hydrogen (secondary N) is 2. The van der Waals surface area contributed by atoms with Crippen LogP contribution >= 0.6 is 15.9 Å². The fraction of sp³-hybridized carbons (Fsp3) is 0.611. The zero-order valence-corrected chi connectivity index (χ0v) is 15.9. The Hall–Kier alpha value is -1.07. The number of rotatable bonds is 6. The van der Waals surface area contributed by atoms with Crippen LogP contribution in [-0.2, 0) is 11.3 Å². The van der Waals surface area contributed by atoms with Gasteiger partial charge in [0.15, 0.2) is 6.04 Å². The summed E-state index contributed by atoms with van der Waals surface area (Å²) in [5.74, 6) is 1.02. The van der Waals surface area contributed by atoms with Gasteiger partial charge >= 0.3 is 0 Å². The van der Waals surface area contributed by atoms with Crippen LogP contribution in [0.25, 0.3) is 0 Å². The molecule has 1 aliphatic carbocycles. The summed E-state index contributed by atoms with van der Waals surface area (Å²) in [5.41, 5.74) is 1.11. The first-order valence-corrected chi connectivity index (χ1v) is 9.25. The van der Waals surface area contributed by atoms with E-state index in [1.54, 1.807) is 7.11 Å². The maximum Gasteiger partial charge on any atom is 0.278 e. The molecule has 1 unspecified atom stereocenters. The minimum Gasteiger partial charge on any atom is -0.496 e. The molecule has 1 fully saturated rings. The summed E-state index contributed by atoms with van der Waals surface area (Å²) in [6.07, 6.45) is 6.01. The largest absolute Gasteiger partial charge is 0.496 e. The molecule has 2 atom stereocenters. The lowest BCUT2D eigenvalue weighted by Crippen LogP contribution is -3.12. The van der Waals surface area contributed by atoms with Gasteiger partial charge in [0.05, 0.1) is 14.2 Å². The van der Waals surface area contributed by atoms with Crippen molar-refractivity contribution < 1.29 is 14.4 Å². The van der Waals surface area contributed by atoms with Gasteiger partial charge in [-0.1, -0.05) is 35.2 Å². The van der Waals surface area contributed by atoms with Crippen molar-refractivity contribution in [2.75, 3.05) is 14.2 Å². The summed E-state index contributed by atoms with van der Waals surface area (Å²) in [5, 5.41) is 3.23. The summed E-state index contributed by atoms with van der Waals surface area (Å²) in [6, 6.07) is 6.28. The van der Waals surface area contributed by atoms with Crippen LogP contribution in [0, 0.1) is 0 Å². The summed E-state index contributed by atoms with van der Waals surface area (Å²) < 4.78 is 6.46. The second-order valence-electron chi connectivity index (χ2n) is 6.54. The second kappa shape index (κ2) is 8.69. The number of benzene rings is 1. The highest BCUT2D eigenvalue weighted by atomic mass is 79.9. The van der Waals surface area contributed by atoms with Crippen molar-refractivity contribution >= 4 is 21.8 Å². The van der Waals surface area contributed by atoms with Crippen molar-refractivity contribution in [2.45, 2.75) is 57.7 Å². The molecule has 1 aliphatic rings. The number of quaternary nitrogens is 1. The van der Waals surface area contributed by atoms with Gasteiger partial charge in [-0.2, -0.15) is 0 Å². The molecule has 0 heterocycles. The van der Waals surface area contributed by atoms with Gasteiger partial charge in [0, 0.05) is 16.1 Å². The quantitative estimate of drug-likeness (QED) is 0.791. The number of hydrogen-bond donors (Lipinski definition) is 2. The molecule has 2 N–H and O–H groups in total. The summed E-state index contributed by atoms with van der Waals surface area (Å²) in [4.78, 5) is 13.7. The van der Waals surface area contributed by atoms with Crippen molar-refractivity contribution in [3.8, 4) is 5.75 Å². The van der Waals surface area contributed by atoms with Crippen LogP contribution < -0.4 is 15.0 Å². The van der Waals surface area contributed by atoms with E-state index < -0.39 is 0 Å². The maximum atomic E-state index is 12.5. The Balaban J connectivity index is 1.94. The van der Waals surface area contributed by atoms with Crippen LogP contribution in [0.4, 0.5) is 0 Å². The molecule has 0 aliphatic heterocycles. The van der Waals surface area contributed by atoms with Gasteiger partial charge in [0.2, 0.25) is 0 Å². The molecule has 1 aromatic rings. The van der Waals surface area contributed by atoms with Gasteiger partial charge in [0.1, 0.15) is 12.3 Å². The van der Waals surface area contributed by atoms with Crippen LogP contribution in [0.3, 0.4) is 0 Å². The zero-order valence-electron chi connectivity index (χ0n) is 14.3. The Bertz CT molecular complexity index is 530. The van der Waals surface area contributed by atoms with Crippen molar-refractivity contribution in [3.05, 3.63) is 28.2 Å². The Morgan fingerprint density at radius 1 is 1.39 bits per heavy atom. The predicted molar refractivity (Wildman–Crippen MR) is 95.8 cm³/mol. The van der Waals surface area contributed by atoms with Gasteiger partial charge in [-0.15, -0.1) is 0 Å². The van der Waals surface area contributed by atoms with E-state index in [1.165, 1.54) is 19.3 Å². The molecule has 4 nitrogen and oxygen atoms in total.